The summed E-state index contributed by atoms with van der Waals surface area (Å²) in [4.78, 5) is 0. The lowest BCUT2D eigenvalue weighted by molar-refractivity contribution is -0.393. The molecule has 73 heavy (non-hydrogen) atoms. The van der Waals surface area contributed by atoms with Gasteiger partial charge in [-0.1, -0.05) is 27.7 Å². The molecule has 0 amide bonds. The summed E-state index contributed by atoms with van der Waals surface area (Å²) in [5.41, 5.74) is -0.333. The van der Waals surface area contributed by atoms with Crippen molar-refractivity contribution in [3.05, 3.63) is 0 Å². The standard InChI is InChI=1S/C50H82O23/c1-19-7-10-50(65-17-19)20(2)32-27(73-50)12-25-23-6-5-21-11-22(8-9-48(21,3)24(23)13-31(55)49(25,32)4)66-45-39(62)36(59)41(29(15-52)68-45)70-46-40(63)37(60)42(30(16-53)69-46)71-47-43(35(58)34(57)28(14-51)67-47)72-44-38(61)33(56)26(54)18-64-44/h19-47,51-63H,5-18H2,1-4H3/t19-,20?,21+,22+,23?,24?,25?,26-,27?,28-,29?,30-,31-,32?,33+,34-,35+,36-,37-,38-,39-,40-,41+,42-,43-,44+,45-,46+,47+,48+,49-,50-/m1/s1. The number of aliphatic hydroxyl groups is 13. The Bertz CT molecular complexity index is 1860. The Morgan fingerprint density at radius 2 is 1.12 bits per heavy atom. The molecule has 23 nitrogen and oxygen atoms in total. The Morgan fingerprint density at radius 1 is 0.534 bits per heavy atom. The van der Waals surface area contributed by atoms with E-state index in [-0.39, 0.29) is 40.8 Å². The normalized spacial score (nSPS) is 58.2. The van der Waals surface area contributed by atoms with Gasteiger partial charge in [-0.3, -0.25) is 0 Å². The maximum Gasteiger partial charge on any atom is 0.187 e. The van der Waals surface area contributed by atoms with Gasteiger partial charge < -0.3 is 114 Å². The van der Waals surface area contributed by atoms with Gasteiger partial charge in [0.1, 0.15) is 91.6 Å². The number of ether oxygens (including phenoxy) is 10. The summed E-state index contributed by atoms with van der Waals surface area (Å²) in [6.45, 7) is 6.93. The summed E-state index contributed by atoms with van der Waals surface area (Å²) >= 11 is 0. The van der Waals surface area contributed by atoms with E-state index in [1.807, 2.05) is 0 Å². The van der Waals surface area contributed by atoms with Crippen LogP contribution in [0, 0.1) is 52.3 Å². The van der Waals surface area contributed by atoms with Crippen molar-refractivity contribution in [2.45, 2.75) is 226 Å². The lowest BCUT2D eigenvalue weighted by Gasteiger charge is -2.62. The Balaban J connectivity index is 0.756. The molecule has 420 valence electrons. The molecular weight excluding hydrogens is 969 g/mol. The first-order valence-electron chi connectivity index (χ1n) is 26.8. The number of hydrogen-bond donors (Lipinski definition) is 13. The molecule has 4 saturated carbocycles. The van der Waals surface area contributed by atoms with E-state index in [0.717, 1.165) is 44.9 Å². The summed E-state index contributed by atoms with van der Waals surface area (Å²) in [5, 5.41) is 141. The third kappa shape index (κ3) is 9.39. The molecule has 7 unspecified atom stereocenters. The van der Waals surface area contributed by atoms with Crippen LogP contribution < -0.4 is 0 Å². The van der Waals surface area contributed by atoms with Crippen molar-refractivity contribution in [3.8, 4) is 0 Å². The van der Waals surface area contributed by atoms with Crippen molar-refractivity contribution in [3.63, 3.8) is 0 Å². The summed E-state index contributed by atoms with van der Waals surface area (Å²) < 4.78 is 60.2. The first kappa shape index (κ1) is 55.4. The van der Waals surface area contributed by atoms with E-state index >= 15 is 0 Å². The second-order valence-electron chi connectivity index (χ2n) is 24.0. The monoisotopic (exact) mass is 1050 g/mol. The van der Waals surface area contributed by atoms with Crippen LogP contribution in [0.25, 0.3) is 0 Å². The zero-order chi connectivity index (χ0) is 52.2. The zero-order valence-corrected chi connectivity index (χ0v) is 42.0. The minimum atomic E-state index is -2.01. The fourth-order valence-electron chi connectivity index (χ4n) is 15.8. The van der Waals surface area contributed by atoms with Crippen LogP contribution in [-0.2, 0) is 47.4 Å². The maximum atomic E-state index is 12.3. The molecule has 1 spiro atoms. The topological polar surface area (TPSA) is 355 Å². The highest BCUT2D eigenvalue weighted by Gasteiger charge is 2.72. The first-order chi connectivity index (χ1) is 34.7. The Hall–Kier alpha value is -0.920. The van der Waals surface area contributed by atoms with Crippen LogP contribution in [0.1, 0.15) is 85.5 Å². The van der Waals surface area contributed by atoms with Gasteiger partial charge in [-0.25, -0.2) is 0 Å². The quantitative estimate of drug-likeness (QED) is 0.0902. The van der Waals surface area contributed by atoms with E-state index in [1.54, 1.807) is 0 Å². The van der Waals surface area contributed by atoms with Gasteiger partial charge in [-0.15, -0.1) is 0 Å². The van der Waals surface area contributed by atoms with Crippen LogP contribution in [-0.4, -0.2) is 240 Å². The number of fused-ring (bicyclic) bond motifs is 7. The Labute approximate surface area is 424 Å². The van der Waals surface area contributed by atoms with E-state index in [2.05, 4.69) is 27.7 Å². The first-order valence-corrected chi connectivity index (χ1v) is 26.8. The molecule has 6 saturated heterocycles. The van der Waals surface area contributed by atoms with Crippen LogP contribution in [0.2, 0.25) is 0 Å². The highest BCUT2D eigenvalue weighted by Crippen LogP contribution is 2.71. The van der Waals surface area contributed by atoms with Gasteiger partial charge in [-0.2, -0.15) is 0 Å². The molecule has 0 radical (unpaired) electrons. The van der Waals surface area contributed by atoms with Gasteiger partial charge in [0.25, 0.3) is 0 Å². The van der Waals surface area contributed by atoms with Crippen molar-refractivity contribution in [2.24, 2.45) is 52.3 Å². The largest absolute Gasteiger partial charge is 0.394 e. The summed E-state index contributed by atoms with van der Waals surface area (Å²) in [5.74, 6) is 1.71. The van der Waals surface area contributed by atoms with Gasteiger partial charge in [0, 0.05) is 23.7 Å². The smallest absolute Gasteiger partial charge is 0.187 e. The summed E-state index contributed by atoms with van der Waals surface area (Å²) in [6.07, 6.45) is -25.4. The average Bonchev–Trinajstić information content (AvgIpc) is 3.83. The highest BCUT2D eigenvalue weighted by molar-refractivity contribution is 5.18. The van der Waals surface area contributed by atoms with Crippen molar-refractivity contribution >= 4 is 0 Å². The predicted octanol–water partition coefficient (Wildman–Crippen LogP) is -3.30. The SMILES string of the molecule is CC1C2C(CC3C4CC[C@H]5C[C@@H](O[C@@H]6OC(CO)[C@H](O[C@@H]7O[C@H](CO)[C@@H](O[C@@H]8O[C@H](CO)[C@@H](O)[C@H](O)[C@H]8O[C@@H]8OC[C@@H](O)[C@H](O)[C@H]8O)[C@H](O)[C@H]7O)[C@H](O)[C@H]6O)CC[C@]5(C)C4C[C@@H](O)[C@@]32C)O[C@]12CC[C@@H](C)CO2. The zero-order valence-electron chi connectivity index (χ0n) is 42.0. The highest BCUT2D eigenvalue weighted by atomic mass is 16.8. The molecule has 10 rings (SSSR count). The second-order valence-corrected chi connectivity index (χ2v) is 24.0. The summed E-state index contributed by atoms with van der Waals surface area (Å²) in [7, 11) is 0. The van der Waals surface area contributed by atoms with E-state index in [0.29, 0.717) is 43.1 Å². The van der Waals surface area contributed by atoms with Crippen LogP contribution in [0.3, 0.4) is 0 Å². The third-order valence-electron chi connectivity index (χ3n) is 20.1. The second kappa shape index (κ2) is 21.3. The molecule has 10 fully saturated rings. The van der Waals surface area contributed by atoms with Crippen LogP contribution in [0.4, 0.5) is 0 Å². The molecule has 0 bridgehead atoms. The molecule has 10 aliphatic rings. The van der Waals surface area contributed by atoms with Crippen molar-refractivity contribution in [2.75, 3.05) is 33.0 Å². The molecule has 13 N–H and O–H groups in total. The number of rotatable bonds is 11. The predicted molar refractivity (Wildman–Crippen MR) is 244 cm³/mol. The molecule has 6 heterocycles. The van der Waals surface area contributed by atoms with Crippen molar-refractivity contribution < 1.29 is 114 Å². The molecule has 32 atom stereocenters. The fraction of sp³-hybridized carbons (Fsp3) is 1.00. The van der Waals surface area contributed by atoms with Gasteiger partial charge >= 0.3 is 0 Å². The van der Waals surface area contributed by atoms with E-state index in [4.69, 9.17) is 47.4 Å². The third-order valence-corrected chi connectivity index (χ3v) is 20.1. The minimum absolute atomic E-state index is 0.0613. The van der Waals surface area contributed by atoms with Gasteiger partial charge in [0.2, 0.25) is 0 Å². The van der Waals surface area contributed by atoms with Gasteiger partial charge in [-0.05, 0) is 86.4 Å². The van der Waals surface area contributed by atoms with Gasteiger partial charge in [0.05, 0.1) is 51.3 Å². The van der Waals surface area contributed by atoms with E-state index in [9.17, 15) is 66.4 Å². The molecule has 4 aliphatic carbocycles. The minimum Gasteiger partial charge on any atom is -0.394 e. The molecule has 23 heteroatoms. The molecular formula is C50H82O23. The molecule has 0 aromatic rings. The number of hydrogen-bond acceptors (Lipinski definition) is 23. The lowest BCUT2D eigenvalue weighted by Crippen LogP contribution is -2.67. The van der Waals surface area contributed by atoms with Crippen LogP contribution in [0.5, 0.6) is 0 Å². The molecule has 0 aromatic heterocycles. The Morgan fingerprint density at radius 3 is 1.75 bits per heavy atom. The maximum absolute atomic E-state index is 12.3. The van der Waals surface area contributed by atoms with Crippen LogP contribution in [0.15, 0.2) is 0 Å². The Kier molecular flexibility index (Phi) is 16.1. The van der Waals surface area contributed by atoms with E-state index in [1.165, 1.54) is 0 Å². The van der Waals surface area contributed by atoms with Crippen LogP contribution >= 0.6 is 0 Å². The van der Waals surface area contributed by atoms with E-state index < -0.39 is 155 Å². The molecule has 0 aromatic carbocycles. The van der Waals surface area contributed by atoms with Gasteiger partial charge in [0.15, 0.2) is 30.9 Å². The van der Waals surface area contributed by atoms with Crippen molar-refractivity contribution in [1.82, 2.24) is 0 Å². The van der Waals surface area contributed by atoms with Crippen molar-refractivity contribution in [1.29, 1.82) is 0 Å². The lowest BCUT2D eigenvalue weighted by atomic mass is 9.43. The molecule has 6 aliphatic heterocycles. The average molecular weight is 1050 g/mol. The summed E-state index contributed by atoms with van der Waals surface area (Å²) in [6, 6.07) is 0. The number of aliphatic hydroxyl groups excluding tert-OH is 13. The fourth-order valence-corrected chi connectivity index (χ4v) is 15.8.